The van der Waals surface area contributed by atoms with Gasteiger partial charge in [-0.25, -0.2) is 0 Å². The average Bonchev–Trinajstić information content (AvgIpc) is 2.72. The fourth-order valence-corrected chi connectivity index (χ4v) is 2.68. The van der Waals surface area contributed by atoms with Gasteiger partial charge in [-0.2, -0.15) is 5.10 Å². The third-order valence-corrected chi connectivity index (χ3v) is 4.47. The molecule has 0 aliphatic heterocycles. The Morgan fingerprint density at radius 3 is 2.64 bits per heavy atom. The molecular weight excluding hydrogens is 342 g/mol. The second-order valence-corrected chi connectivity index (χ2v) is 6.18. The number of aryl methyl sites for hydroxylation is 2. The monoisotopic (exact) mass is 361 g/mol. The Morgan fingerprint density at radius 1 is 1.36 bits per heavy atom. The highest BCUT2D eigenvalue weighted by molar-refractivity contribution is 9.10. The van der Waals surface area contributed by atoms with Crippen LogP contribution in [0.3, 0.4) is 0 Å². The molecule has 0 aliphatic rings. The first-order valence-corrected chi connectivity index (χ1v) is 7.86. The molecule has 1 heterocycles. The first kappa shape index (κ1) is 16.5. The summed E-state index contributed by atoms with van der Waals surface area (Å²) in [6, 6.07) is 7.92. The van der Waals surface area contributed by atoms with Crippen molar-refractivity contribution < 1.29 is 4.79 Å². The van der Waals surface area contributed by atoms with Crippen LogP contribution in [0.4, 0.5) is 0 Å². The number of likely N-dealkylation sites (N-methyl/N-ethyl adjacent to an activating group) is 1. The molecule has 0 saturated carbocycles. The maximum atomic E-state index is 12.3. The van der Waals surface area contributed by atoms with Crippen molar-refractivity contribution in [1.29, 1.82) is 0 Å². The molecule has 1 aromatic heterocycles. The maximum absolute atomic E-state index is 12.3. The van der Waals surface area contributed by atoms with Crippen LogP contribution in [0.15, 0.2) is 34.8 Å². The highest BCUT2D eigenvalue weighted by Gasteiger charge is 2.10. The molecule has 0 saturated heterocycles. The van der Waals surface area contributed by atoms with Crippen molar-refractivity contribution in [2.24, 2.45) is 7.05 Å². The van der Waals surface area contributed by atoms with Crippen LogP contribution in [-0.2, 0) is 18.4 Å². The molecule has 116 valence electrons. The van der Waals surface area contributed by atoms with Crippen molar-refractivity contribution in [1.82, 2.24) is 14.7 Å². The van der Waals surface area contributed by atoms with Crippen molar-refractivity contribution in [3.05, 3.63) is 57.3 Å². The van der Waals surface area contributed by atoms with Gasteiger partial charge in [0.2, 0.25) is 5.91 Å². The molecule has 2 aromatic rings. The molecule has 0 aliphatic carbocycles. The lowest BCUT2D eigenvalue weighted by Crippen LogP contribution is -2.24. The van der Waals surface area contributed by atoms with E-state index in [1.54, 1.807) is 18.0 Å². The minimum Gasteiger partial charge on any atom is -0.338 e. The van der Waals surface area contributed by atoms with E-state index in [1.807, 2.05) is 55.9 Å². The van der Waals surface area contributed by atoms with Crippen LogP contribution in [0.5, 0.6) is 0 Å². The second kappa shape index (κ2) is 6.92. The van der Waals surface area contributed by atoms with Crippen molar-refractivity contribution >= 4 is 27.9 Å². The quantitative estimate of drug-likeness (QED) is 0.782. The van der Waals surface area contributed by atoms with Crippen LogP contribution in [0.1, 0.15) is 22.5 Å². The number of carbonyl (C=O) groups excluding carboxylic acids is 1. The highest BCUT2D eigenvalue weighted by atomic mass is 79.9. The summed E-state index contributed by atoms with van der Waals surface area (Å²) >= 11 is 3.50. The molecule has 2 rings (SSSR count). The van der Waals surface area contributed by atoms with E-state index in [-0.39, 0.29) is 5.91 Å². The SMILES string of the molecule is Cc1nn(C)c(C)c1/C=C/C(=O)N(C)Cc1ccccc1Br. The van der Waals surface area contributed by atoms with Crippen molar-refractivity contribution in [2.45, 2.75) is 20.4 Å². The molecule has 22 heavy (non-hydrogen) atoms. The van der Waals surface area contributed by atoms with Crippen molar-refractivity contribution in [3.8, 4) is 0 Å². The third kappa shape index (κ3) is 3.65. The summed E-state index contributed by atoms with van der Waals surface area (Å²) in [5.41, 5.74) is 4.07. The summed E-state index contributed by atoms with van der Waals surface area (Å²) < 4.78 is 2.84. The summed E-state index contributed by atoms with van der Waals surface area (Å²) in [5.74, 6) is -0.0293. The van der Waals surface area contributed by atoms with E-state index in [0.29, 0.717) is 6.54 Å². The van der Waals surface area contributed by atoms with Crippen LogP contribution < -0.4 is 0 Å². The van der Waals surface area contributed by atoms with Gasteiger partial charge in [0.05, 0.1) is 5.69 Å². The zero-order valence-electron chi connectivity index (χ0n) is 13.3. The summed E-state index contributed by atoms with van der Waals surface area (Å²) in [7, 11) is 3.70. The van der Waals surface area contributed by atoms with Gasteiger partial charge in [0.15, 0.2) is 0 Å². The normalized spacial score (nSPS) is 11.1. The number of hydrogen-bond donors (Lipinski definition) is 0. The van der Waals surface area contributed by atoms with Crippen LogP contribution in [0.25, 0.3) is 6.08 Å². The van der Waals surface area contributed by atoms with Crippen LogP contribution in [0.2, 0.25) is 0 Å². The molecule has 1 amide bonds. The Labute approximate surface area is 139 Å². The minimum atomic E-state index is -0.0293. The maximum Gasteiger partial charge on any atom is 0.246 e. The van der Waals surface area contributed by atoms with E-state index < -0.39 is 0 Å². The van der Waals surface area contributed by atoms with E-state index in [9.17, 15) is 4.79 Å². The van der Waals surface area contributed by atoms with Gasteiger partial charge in [-0.05, 0) is 31.6 Å². The number of amides is 1. The van der Waals surface area contributed by atoms with Crippen LogP contribution >= 0.6 is 15.9 Å². The molecular formula is C17H20BrN3O. The molecule has 4 nitrogen and oxygen atoms in total. The number of carbonyl (C=O) groups is 1. The van der Waals surface area contributed by atoms with Crippen LogP contribution in [-0.4, -0.2) is 27.6 Å². The van der Waals surface area contributed by atoms with E-state index in [1.165, 1.54) is 0 Å². The van der Waals surface area contributed by atoms with Gasteiger partial charge < -0.3 is 4.90 Å². The summed E-state index contributed by atoms with van der Waals surface area (Å²) in [6.07, 6.45) is 3.45. The number of hydrogen-bond acceptors (Lipinski definition) is 2. The molecule has 1 aromatic carbocycles. The molecule has 0 bridgehead atoms. The van der Waals surface area contributed by atoms with Gasteiger partial charge >= 0.3 is 0 Å². The van der Waals surface area contributed by atoms with E-state index in [4.69, 9.17) is 0 Å². The van der Waals surface area contributed by atoms with Gasteiger partial charge in [-0.15, -0.1) is 0 Å². The largest absolute Gasteiger partial charge is 0.338 e. The molecule has 0 atom stereocenters. The fourth-order valence-electron chi connectivity index (χ4n) is 2.27. The minimum absolute atomic E-state index is 0.0293. The van der Waals surface area contributed by atoms with E-state index in [0.717, 1.165) is 27.0 Å². The Morgan fingerprint density at radius 2 is 2.05 bits per heavy atom. The van der Waals surface area contributed by atoms with Crippen LogP contribution in [0, 0.1) is 13.8 Å². The summed E-state index contributed by atoms with van der Waals surface area (Å²) in [6.45, 7) is 4.51. The van der Waals surface area contributed by atoms with E-state index >= 15 is 0 Å². The Hall–Kier alpha value is -1.88. The molecule has 0 N–H and O–H groups in total. The third-order valence-electron chi connectivity index (χ3n) is 3.70. The zero-order valence-corrected chi connectivity index (χ0v) is 14.9. The predicted octanol–water partition coefficient (Wildman–Crippen LogP) is 3.47. The van der Waals surface area contributed by atoms with Crippen molar-refractivity contribution in [2.75, 3.05) is 7.05 Å². The Kier molecular flexibility index (Phi) is 5.19. The topological polar surface area (TPSA) is 38.1 Å². The number of aromatic nitrogens is 2. The first-order valence-electron chi connectivity index (χ1n) is 7.07. The fraction of sp³-hybridized carbons (Fsp3) is 0.294. The number of rotatable bonds is 4. The lowest BCUT2D eigenvalue weighted by atomic mass is 10.1. The summed E-state index contributed by atoms with van der Waals surface area (Å²) in [5, 5.41) is 4.35. The zero-order chi connectivity index (χ0) is 16.3. The molecule has 0 radical (unpaired) electrons. The lowest BCUT2D eigenvalue weighted by Gasteiger charge is -2.16. The van der Waals surface area contributed by atoms with Crippen molar-refractivity contribution in [3.63, 3.8) is 0 Å². The van der Waals surface area contributed by atoms with E-state index in [2.05, 4.69) is 21.0 Å². The highest BCUT2D eigenvalue weighted by Crippen LogP contribution is 2.18. The summed E-state index contributed by atoms with van der Waals surface area (Å²) in [4.78, 5) is 14.0. The average molecular weight is 362 g/mol. The first-order chi connectivity index (χ1) is 10.4. The predicted molar refractivity (Wildman–Crippen MR) is 92.3 cm³/mol. The lowest BCUT2D eigenvalue weighted by molar-refractivity contribution is -0.125. The van der Waals surface area contributed by atoms with Gasteiger partial charge in [-0.1, -0.05) is 34.1 Å². The Bertz CT molecular complexity index is 719. The van der Waals surface area contributed by atoms with Gasteiger partial charge in [0.1, 0.15) is 0 Å². The molecule has 0 unspecified atom stereocenters. The molecule has 0 spiro atoms. The molecule has 5 heteroatoms. The number of benzene rings is 1. The second-order valence-electron chi connectivity index (χ2n) is 5.33. The molecule has 0 fully saturated rings. The smallest absolute Gasteiger partial charge is 0.246 e. The Balaban J connectivity index is 2.08. The standard InChI is InChI=1S/C17H20BrN3O/c1-12-15(13(2)21(4)19-12)9-10-17(22)20(3)11-14-7-5-6-8-16(14)18/h5-10H,11H2,1-4H3/b10-9+. The van der Waals surface area contributed by atoms with Gasteiger partial charge in [0.25, 0.3) is 0 Å². The number of halogens is 1. The van der Waals surface area contributed by atoms with Gasteiger partial charge in [-0.3, -0.25) is 9.48 Å². The number of nitrogens with zero attached hydrogens (tertiary/aromatic N) is 3. The van der Waals surface area contributed by atoms with Gasteiger partial charge in [0, 0.05) is 42.4 Å².